The largest absolute Gasteiger partial charge is 0.353 e. The van der Waals surface area contributed by atoms with Gasteiger partial charge in [0.05, 0.1) is 0 Å². The monoisotopic (exact) mass is 153 g/mol. The van der Waals surface area contributed by atoms with Crippen LogP contribution in [0.15, 0.2) is 11.6 Å². The van der Waals surface area contributed by atoms with Crippen LogP contribution < -0.4 is 5.32 Å². The zero-order valence-corrected chi connectivity index (χ0v) is 7.18. The van der Waals surface area contributed by atoms with E-state index in [-0.39, 0.29) is 5.91 Å². The third kappa shape index (κ3) is 2.74. The fourth-order valence-corrected chi connectivity index (χ4v) is 1.38. The van der Waals surface area contributed by atoms with Crippen molar-refractivity contribution in [2.24, 2.45) is 0 Å². The molecule has 1 amide bonds. The Morgan fingerprint density at radius 1 is 1.73 bits per heavy atom. The predicted molar refractivity (Wildman–Crippen MR) is 45.2 cm³/mol. The molecular weight excluding hydrogens is 138 g/mol. The highest BCUT2D eigenvalue weighted by molar-refractivity contribution is 5.73. The zero-order valence-electron chi connectivity index (χ0n) is 7.18. The summed E-state index contributed by atoms with van der Waals surface area (Å²) >= 11 is 0. The molecule has 1 aliphatic carbocycles. The second-order valence-electron chi connectivity index (χ2n) is 3.22. The highest BCUT2D eigenvalue weighted by Crippen LogP contribution is 2.16. The van der Waals surface area contributed by atoms with Gasteiger partial charge >= 0.3 is 0 Å². The van der Waals surface area contributed by atoms with Gasteiger partial charge in [-0.15, -0.1) is 0 Å². The molecule has 1 rings (SSSR count). The summed E-state index contributed by atoms with van der Waals surface area (Å²) in [4.78, 5) is 10.7. The van der Waals surface area contributed by atoms with Crippen LogP contribution in [-0.4, -0.2) is 11.9 Å². The third-order valence-electron chi connectivity index (χ3n) is 2.05. The van der Waals surface area contributed by atoms with Crippen molar-refractivity contribution in [2.75, 3.05) is 0 Å². The predicted octanol–water partition coefficient (Wildman–Crippen LogP) is 1.62. The number of hydrogen-bond donors (Lipinski definition) is 1. The number of carbonyl (C=O) groups is 1. The number of carbonyl (C=O) groups excluding carboxylic acids is 1. The van der Waals surface area contributed by atoms with E-state index in [0.29, 0.717) is 6.04 Å². The van der Waals surface area contributed by atoms with Gasteiger partial charge in [0.25, 0.3) is 0 Å². The summed E-state index contributed by atoms with van der Waals surface area (Å²) in [6.45, 7) is 3.72. The maximum atomic E-state index is 10.7. The molecule has 0 aliphatic heterocycles. The minimum atomic E-state index is 0.0861. The lowest BCUT2D eigenvalue weighted by Crippen LogP contribution is -2.33. The van der Waals surface area contributed by atoms with Crippen molar-refractivity contribution in [1.29, 1.82) is 0 Å². The first kappa shape index (κ1) is 8.31. The summed E-state index contributed by atoms with van der Waals surface area (Å²) < 4.78 is 0. The van der Waals surface area contributed by atoms with Crippen LogP contribution in [0.3, 0.4) is 0 Å². The average Bonchev–Trinajstić information content (AvgIpc) is 1.93. The van der Waals surface area contributed by atoms with E-state index in [0.717, 1.165) is 19.3 Å². The van der Waals surface area contributed by atoms with E-state index in [1.165, 1.54) is 5.57 Å². The lowest BCUT2D eigenvalue weighted by atomic mass is 9.96. The summed E-state index contributed by atoms with van der Waals surface area (Å²) in [6, 6.07) is 0.385. The standard InChI is InChI=1S/C9H15NO/c1-7-3-5-9(6-4-7)10-8(2)11/h3,9H,4-6H2,1-2H3,(H,10,11)/t9-/m1/s1. The molecule has 62 valence electrons. The third-order valence-corrected chi connectivity index (χ3v) is 2.05. The Hall–Kier alpha value is -0.790. The molecule has 0 spiro atoms. The lowest BCUT2D eigenvalue weighted by molar-refractivity contribution is -0.119. The quantitative estimate of drug-likeness (QED) is 0.570. The summed E-state index contributed by atoms with van der Waals surface area (Å²) in [5.41, 5.74) is 1.45. The van der Waals surface area contributed by atoms with Crippen molar-refractivity contribution in [3.05, 3.63) is 11.6 Å². The molecule has 11 heavy (non-hydrogen) atoms. The van der Waals surface area contributed by atoms with Crippen LogP contribution in [0.4, 0.5) is 0 Å². The van der Waals surface area contributed by atoms with E-state index < -0.39 is 0 Å². The number of nitrogens with one attached hydrogen (secondary N) is 1. The Bertz CT molecular complexity index is 184. The van der Waals surface area contributed by atoms with Gasteiger partial charge in [-0.1, -0.05) is 11.6 Å². The number of hydrogen-bond acceptors (Lipinski definition) is 1. The first-order valence-electron chi connectivity index (χ1n) is 4.11. The molecule has 1 N–H and O–H groups in total. The first-order valence-corrected chi connectivity index (χ1v) is 4.11. The Kier molecular flexibility index (Phi) is 2.69. The maximum Gasteiger partial charge on any atom is 0.217 e. The van der Waals surface area contributed by atoms with Crippen LogP contribution in [0.1, 0.15) is 33.1 Å². The van der Waals surface area contributed by atoms with Crippen LogP contribution in [0.2, 0.25) is 0 Å². The smallest absolute Gasteiger partial charge is 0.217 e. The molecule has 2 nitrogen and oxygen atoms in total. The van der Waals surface area contributed by atoms with Crippen molar-refractivity contribution in [3.8, 4) is 0 Å². The van der Waals surface area contributed by atoms with Gasteiger partial charge in [0.15, 0.2) is 0 Å². The van der Waals surface area contributed by atoms with Crippen LogP contribution in [-0.2, 0) is 4.79 Å². The van der Waals surface area contributed by atoms with Crippen molar-refractivity contribution < 1.29 is 4.79 Å². The molecule has 2 heteroatoms. The maximum absolute atomic E-state index is 10.7. The number of rotatable bonds is 1. The van der Waals surface area contributed by atoms with E-state index >= 15 is 0 Å². The van der Waals surface area contributed by atoms with Crippen molar-refractivity contribution in [2.45, 2.75) is 39.2 Å². The van der Waals surface area contributed by atoms with Crippen LogP contribution in [0.5, 0.6) is 0 Å². The van der Waals surface area contributed by atoms with Crippen LogP contribution >= 0.6 is 0 Å². The molecule has 1 atom stereocenters. The van der Waals surface area contributed by atoms with Gasteiger partial charge in [-0.25, -0.2) is 0 Å². The topological polar surface area (TPSA) is 29.1 Å². The van der Waals surface area contributed by atoms with Gasteiger partial charge in [0.2, 0.25) is 5.91 Å². The number of allylic oxidation sites excluding steroid dienone is 1. The Labute approximate surface area is 67.7 Å². The highest BCUT2D eigenvalue weighted by Gasteiger charge is 2.12. The van der Waals surface area contributed by atoms with Gasteiger partial charge in [-0.2, -0.15) is 0 Å². The average molecular weight is 153 g/mol. The Morgan fingerprint density at radius 2 is 2.45 bits per heavy atom. The van der Waals surface area contributed by atoms with E-state index in [1.54, 1.807) is 6.92 Å². The highest BCUT2D eigenvalue weighted by atomic mass is 16.1. The van der Waals surface area contributed by atoms with Gasteiger partial charge in [-0.05, 0) is 26.2 Å². The molecule has 0 heterocycles. The van der Waals surface area contributed by atoms with Crippen molar-refractivity contribution >= 4 is 5.91 Å². The second-order valence-corrected chi connectivity index (χ2v) is 3.22. The van der Waals surface area contributed by atoms with E-state index in [2.05, 4.69) is 18.3 Å². The van der Waals surface area contributed by atoms with E-state index in [1.807, 2.05) is 0 Å². The van der Waals surface area contributed by atoms with Gasteiger partial charge < -0.3 is 5.32 Å². The summed E-state index contributed by atoms with van der Waals surface area (Å²) in [5, 5.41) is 2.92. The second kappa shape index (κ2) is 3.56. The van der Waals surface area contributed by atoms with Crippen LogP contribution in [0.25, 0.3) is 0 Å². The Morgan fingerprint density at radius 3 is 2.91 bits per heavy atom. The molecule has 0 aromatic rings. The molecule has 0 saturated carbocycles. The van der Waals surface area contributed by atoms with Crippen molar-refractivity contribution in [3.63, 3.8) is 0 Å². The summed E-state index contributed by atoms with van der Waals surface area (Å²) in [7, 11) is 0. The number of amides is 1. The Balaban J connectivity index is 2.35. The molecule has 1 aliphatic rings. The van der Waals surface area contributed by atoms with E-state index in [9.17, 15) is 4.79 Å². The molecule has 0 saturated heterocycles. The minimum absolute atomic E-state index is 0.0861. The minimum Gasteiger partial charge on any atom is -0.353 e. The molecule has 0 radical (unpaired) electrons. The summed E-state index contributed by atoms with van der Waals surface area (Å²) in [5.74, 6) is 0.0861. The van der Waals surface area contributed by atoms with Crippen LogP contribution in [0, 0.1) is 0 Å². The van der Waals surface area contributed by atoms with Gasteiger partial charge in [-0.3, -0.25) is 4.79 Å². The fourth-order valence-electron chi connectivity index (χ4n) is 1.38. The molecule has 0 aromatic carbocycles. The molecule has 0 aromatic heterocycles. The van der Waals surface area contributed by atoms with Gasteiger partial charge in [0.1, 0.15) is 0 Å². The molecule has 0 fully saturated rings. The lowest BCUT2D eigenvalue weighted by Gasteiger charge is -2.20. The SMILES string of the molecule is CC(=O)N[C@@H]1CC=C(C)CC1. The van der Waals surface area contributed by atoms with Gasteiger partial charge in [0, 0.05) is 13.0 Å². The van der Waals surface area contributed by atoms with E-state index in [4.69, 9.17) is 0 Å². The molecule has 0 unspecified atom stereocenters. The zero-order chi connectivity index (χ0) is 8.27. The fraction of sp³-hybridized carbons (Fsp3) is 0.667. The molecular formula is C9H15NO. The normalized spacial score (nSPS) is 24.2. The molecule has 0 bridgehead atoms. The summed E-state index contributed by atoms with van der Waals surface area (Å²) in [6.07, 6.45) is 5.45. The van der Waals surface area contributed by atoms with Crippen molar-refractivity contribution in [1.82, 2.24) is 5.32 Å². The first-order chi connectivity index (χ1) is 5.18.